The molecule has 1 atom stereocenters. The van der Waals surface area contributed by atoms with Gasteiger partial charge in [-0.3, -0.25) is 4.79 Å². The van der Waals surface area contributed by atoms with E-state index in [1.807, 2.05) is 24.3 Å². The number of hydrogen-bond donors (Lipinski definition) is 0. The molecule has 112 valence electrons. The molecule has 3 heteroatoms. The van der Waals surface area contributed by atoms with Crippen molar-refractivity contribution in [2.24, 2.45) is 0 Å². The summed E-state index contributed by atoms with van der Waals surface area (Å²) in [4.78, 5) is 12.1. The maximum absolute atomic E-state index is 12.1. The lowest BCUT2D eigenvalue weighted by atomic mass is 10.0. The molecule has 0 aliphatic heterocycles. The highest BCUT2D eigenvalue weighted by Gasteiger charge is 2.15. The third kappa shape index (κ3) is 5.85. The summed E-state index contributed by atoms with van der Waals surface area (Å²) in [6.45, 7) is 7.80. The molecule has 20 heavy (non-hydrogen) atoms. The van der Waals surface area contributed by atoms with Crippen molar-refractivity contribution in [1.29, 1.82) is 0 Å². The molecule has 0 bridgehead atoms. The molecule has 0 saturated heterocycles. The molecule has 0 heterocycles. The van der Waals surface area contributed by atoms with Gasteiger partial charge in [-0.1, -0.05) is 44.5 Å². The van der Waals surface area contributed by atoms with Gasteiger partial charge in [0.25, 0.3) is 0 Å². The van der Waals surface area contributed by atoms with Gasteiger partial charge in [-0.05, 0) is 25.3 Å². The SMILES string of the molecule is CCCCOCCOC(C)C(=O)c1ccc(CC)cc1. The minimum Gasteiger partial charge on any atom is -0.379 e. The van der Waals surface area contributed by atoms with Crippen molar-refractivity contribution in [3.63, 3.8) is 0 Å². The Balaban J connectivity index is 2.31. The van der Waals surface area contributed by atoms with Crippen LogP contribution in [-0.2, 0) is 15.9 Å². The van der Waals surface area contributed by atoms with E-state index in [4.69, 9.17) is 9.47 Å². The third-order valence-electron chi connectivity index (χ3n) is 3.25. The zero-order valence-corrected chi connectivity index (χ0v) is 12.9. The van der Waals surface area contributed by atoms with E-state index in [0.29, 0.717) is 18.8 Å². The summed E-state index contributed by atoms with van der Waals surface area (Å²) in [5.41, 5.74) is 1.95. The van der Waals surface area contributed by atoms with Gasteiger partial charge in [0.15, 0.2) is 5.78 Å². The summed E-state index contributed by atoms with van der Waals surface area (Å²) in [7, 11) is 0. The summed E-state index contributed by atoms with van der Waals surface area (Å²) in [6.07, 6.45) is 2.76. The van der Waals surface area contributed by atoms with Gasteiger partial charge in [-0.2, -0.15) is 0 Å². The van der Waals surface area contributed by atoms with E-state index in [1.54, 1.807) is 6.92 Å². The molecule has 0 spiro atoms. The number of ether oxygens (including phenoxy) is 2. The second kappa shape index (κ2) is 9.67. The van der Waals surface area contributed by atoms with Gasteiger partial charge < -0.3 is 9.47 Å². The Hall–Kier alpha value is -1.19. The summed E-state index contributed by atoms with van der Waals surface area (Å²) in [5, 5.41) is 0. The quantitative estimate of drug-likeness (QED) is 0.484. The fourth-order valence-corrected chi connectivity index (χ4v) is 1.85. The molecule has 0 N–H and O–H groups in total. The van der Waals surface area contributed by atoms with Crippen LogP contribution in [0.25, 0.3) is 0 Å². The molecule has 0 aromatic heterocycles. The third-order valence-corrected chi connectivity index (χ3v) is 3.25. The van der Waals surface area contributed by atoms with E-state index in [1.165, 1.54) is 5.56 Å². The van der Waals surface area contributed by atoms with Crippen molar-refractivity contribution in [2.45, 2.75) is 46.1 Å². The Bertz CT molecular complexity index is 384. The summed E-state index contributed by atoms with van der Waals surface area (Å²) in [5.74, 6) is 0.0289. The van der Waals surface area contributed by atoms with Crippen LogP contribution in [0.4, 0.5) is 0 Å². The normalized spacial score (nSPS) is 12.3. The van der Waals surface area contributed by atoms with Crippen molar-refractivity contribution in [3.05, 3.63) is 35.4 Å². The predicted molar refractivity (Wildman–Crippen MR) is 81.3 cm³/mol. The number of benzene rings is 1. The number of ketones is 1. The fraction of sp³-hybridized carbons (Fsp3) is 0.588. The number of hydrogen-bond acceptors (Lipinski definition) is 3. The van der Waals surface area contributed by atoms with Crippen LogP contribution < -0.4 is 0 Å². The van der Waals surface area contributed by atoms with E-state index in [-0.39, 0.29) is 5.78 Å². The number of Topliss-reactive ketones (excluding diaryl/α,β-unsaturated/α-hetero) is 1. The van der Waals surface area contributed by atoms with Gasteiger partial charge in [-0.15, -0.1) is 0 Å². The van der Waals surface area contributed by atoms with Crippen LogP contribution >= 0.6 is 0 Å². The topological polar surface area (TPSA) is 35.5 Å². The molecule has 0 radical (unpaired) electrons. The monoisotopic (exact) mass is 278 g/mol. The number of aryl methyl sites for hydroxylation is 1. The highest BCUT2D eigenvalue weighted by molar-refractivity contribution is 5.99. The van der Waals surface area contributed by atoms with Gasteiger partial charge in [-0.25, -0.2) is 0 Å². The zero-order chi connectivity index (χ0) is 14.8. The Kier molecular flexibility index (Phi) is 8.16. The van der Waals surface area contributed by atoms with Crippen LogP contribution in [0.3, 0.4) is 0 Å². The van der Waals surface area contributed by atoms with Gasteiger partial charge in [0.05, 0.1) is 13.2 Å². The predicted octanol–water partition coefficient (Wildman–Crippen LogP) is 3.65. The fourth-order valence-electron chi connectivity index (χ4n) is 1.85. The van der Waals surface area contributed by atoms with Crippen LogP contribution in [0.5, 0.6) is 0 Å². The molecule has 0 aliphatic rings. The summed E-state index contributed by atoms with van der Waals surface area (Å²) < 4.78 is 10.9. The van der Waals surface area contributed by atoms with Crippen LogP contribution in [0.15, 0.2) is 24.3 Å². The van der Waals surface area contributed by atoms with Gasteiger partial charge in [0, 0.05) is 12.2 Å². The van der Waals surface area contributed by atoms with E-state index in [0.717, 1.165) is 25.9 Å². The number of carbonyl (C=O) groups is 1. The molecule has 0 fully saturated rings. The Labute approximate surface area is 122 Å². The second-order valence-corrected chi connectivity index (χ2v) is 4.89. The standard InChI is InChI=1S/C17H26O3/c1-4-6-11-19-12-13-20-14(3)17(18)16-9-7-15(5-2)8-10-16/h7-10,14H,4-6,11-13H2,1-3H3. The van der Waals surface area contributed by atoms with Crippen molar-refractivity contribution >= 4 is 5.78 Å². The molecule has 0 aliphatic carbocycles. The first-order valence-electron chi connectivity index (χ1n) is 7.51. The molecule has 0 amide bonds. The highest BCUT2D eigenvalue weighted by atomic mass is 16.5. The van der Waals surface area contributed by atoms with Crippen LogP contribution in [0.1, 0.15) is 49.5 Å². The average molecular weight is 278 g/mol. The lowest BCUT2D eigenvalue weighted by Crippen LogP contribution is -2.23. The van der Waals surface area contributed by atoms with Crippen molar-refractivity contribution in [1.82, 2.24) is 0 Å². The summed E-state index contributed by atoms with van der Waals surface area (Å²) in [6, 6.07) is 7.74. The van der Waals surface area contributed by atoms with Crippen molar-refractivity contribution in [2.75, 3.05) is 19.8 Å². The van der Waals surface area contributed by atoms with Crippen LogP contribution in [0, 0.1) is 0 Å². The average Bonchev–Trinajstić information content (AvgIpc) is 2.50. The largest absolute Gasteiger partial charge is 0.379 e. The van der Waals surface area contributed by atoms with E-state index in [9.17, 15) is 4.79 Å². The molecule has 0 saturated carbocycles. The van der Waals surface area contributed by atoms with Crippen LogP contribution in [0.2, 0.25) is 0 Å². The van der Waals surface area contributed by atoms with Gasteiger partial charge >= 0.3 is 0 Å². The Morgan fingerprint density at radius 2 is 1.80 bits per heavy atom. The number of unbranched alkanes of at least 4 members (excludes halogenated alkanes) is 1. The lowest BCUT2D eigenvalue weighted by molar-refractivity contribution is 0.0144. The van der Waals surface area contributed by atoms with Gasteiger partial charge in [0.1, 0.15) is 6.10 Å². The summed E-state index contributed by atoms with van der Waals surface area (Å²) >= 11 is 0. The minimum absolute atomic E-state index is 0.0289. The molecular weight excluding hydrogens is 252 g/mol. The maximum Gasteiger partial charge on any atom is 0.191 e. The molecule has 1 rings (SSSR count). The first-order chi connectivity index (χ1) is 9.69. The first kappa shape index (κ1) is 16.9. The minimum atomic E-state index is -0.419. The van der Waals surface area contributed by atoms with Crippen LogP contribution in [-0.4, -0.2) is 31.7 Å². The molecule has 1 aromatic rings. The van der Waals surface area contributed by atoms with Crippen molar-refractivity contribution < 1.29 is 14.3 Å². The van der Waals surface area contributed by atoms with E-state index in [2.05, 4.69) is 13.8 Å². The smallest absolute Gasteiger partial charge is 0.191 e. The number of carbonyl (C=O) groups excluding carboxylic acids is 1. The molecule has 1 aromatic carbocycles. The van der Waals surface area contributed by atoms with E-state index >= 15 is 0 Å². The maximum atomic E-state index is 12.1. The molecular formula is C17H26O3. The van der Waals surface area contributed by atoms with Gasteiger partial charge in [0.2, 0.25) is 0 Å². The lowest BCUT2D eigenvalue weighted by Gasteiger charge is -2.12. The molecule has 1 unspecified atom stereocenters. The second-order valence-electron chi connectivity index (χ2n) is 4.89. The molecule has 3 nitrogen and oxygen atoms in total. The Morgan fingerprint density at radius 1 is 1.10 bits per heavy atom. The van der Waals surface area contributed by atoms with Crippen molar-refractivity contribution in [3.8, 4) is 0 Å². The Morgan fingerprint density at radius 3 is 2.40 bits per heavy atom. The number of rotatable bonds is 10. The van der Waals surface area contributed by atoms with E-state index < -0.39 is 6.10 Å². The zero-order valence-electron chi connectivity index (χ0n) is 12.9. The first-order valence-corrected chi connectivity index (χ1v) is 7.51. The highest BCUT2D eigenvalue weighted by Crippen LogP contribution is 2.09.